The highest BCUT2D eigenvalue weighted by molar-refractivity contribution is 5.87. The van der Waals surface area contributed by atoms with Crippen molar-refractivity contribution in [1.82, 2.24) is 10.2 Å². The van der Waals surface area contributed by atoms with Gasteiger partial charge in [-0.1, -0.05) is 37.6 Å². The molecular weight excluding hydrogens is 300 g/mol. The second-order valence-electron chi connectivity index (χ2n) is 6.88. The van der Waals surface area contributed by atoms with Gasteiger partial charge in [-0.15, -0.1) is 0 Å². The van der Waals surface area contributed by atoms with Gasteiger partial charge in [-0.25, -0.2) is 0 Å². The Morgan fingerprint density at radius 3 is 2.62 bits per heavy atom. The molecule has 1 saturated heterocycles. The maximum atomic E-state index is 12.4. The third kappa shape index (κ3) is 5.08. The number of likely N-dealkylation sites (tertiary alicyclic amines) is 1. The van der Waals surface area contributed by atoms with E-state index >= 15 is 0 Å². The summed E-state index contributed by atoms with van der Waals surface area (Å²) in [4.78, 5) is 26.4. The molecule has 1 aromatic carbocycles. The predicted molar refractivity (Wildman–Crippen MR) is 96.8 cm³/mol. The van der Waals surface area contributed by atoms with Crippen molar-refractivity contribution in [2.45, 2.75) is 71.4 Å². The molecule has 0 saturated carbocycles. The van der Waals surface area contributed by atoms with Crippen LogP contribution in [0.5, 0.6) is 0 Å². The van der Waals surface area contributed by atoms with Gasteiger partial charge in [-0.2, -0.15) is 0 Å². The first-order valence-corrected chi connectivity index (χ1v) is 9.19. The van der Waals surface area contributed by atoms with E-state index in [0.29, 0.717) is 12.8 Å². The summed E-state index contributed by atoms with van der Waals surface area (Å²) in [7, 11) is 0. The zero-order chi connectivity index (χ0) is 17.5. The molecule has 1 aliphatic heterocycles. The Labute approximate surface area is 145 Å². The third-order valence-electron chi connectivity index (χ3n) is 4.75. The topological polar surface area (TPSA) is 49.4 Å². The first-order valence-electron chi connectivity index (χ1n) is 9.19. The number of nitrogens with zero attached hydrogens (tertiary/aromatic N) is 1. The van der Waals surface area contributed by atoms with Crippen LogP contribution >= 0.6 is 0 Å². The molecule has 0 radical (unpaired) electrons. The number of hydrogen-bond acceptors (Lipinski definition) is 2. The van der Waals surface area contributed by atoms with Gasteiger partial charge in [-0.05, 0) is 50.7 Å². The second-order valence-corrected chi connectivity index (χ2v) is 6.88. The largest absolute Gasteiger partial charge is 0.345 e. The molecule has 0 spiro atoms. The fourth-order valence-corrected chi connectivity index (χ4v) is 3.37. The van der Waals surface area contributed by atoms with Crippen LogP contribution in [0.3, 0.4) is 0 Å². The maximum Gasteiger partial charge on any atom is 0.245 e. The summed E-state index contributed by atoms with van der Waals surface area (Å²) in [5.74, 6) is -0.0121. The lowest BCUT2D eigenvalue weighted by molar-refractivity contribution is -0.136. The highest BCUT2D eigenvalue weighted by Gasteiger charge is 2.29. The smallest absolute Gasteiger partial charge is 0.245 e. The van der Waals surface area contributed by atoms with Gasteiger partial charge in [0.1, 0.15) is 6.04 Å². The Bertz CT molecular complexity index is 571. The molecule has 1 aliphatic rings. The zero-order valence-electron chi connectivity index (χ0n) is 15.2. The molecule has 2 rings (SSSR count). The van der Waals surface area contributed by atoms with Gasteiger partial charge in [0.15, 0.2) is 0 Å². The van der Waals surface area contributed by atoms with Gasteiger partial charge in [0.05, 0.1) is 0 Å². The lowest BCUT2D eigenvalue weighted by atomic mass is 10.0. The summed E-state index contributed by atoms with van der Waals surface area (Å²) in [5, 5.41) is 2.86. The summed E-state index contributed by atoms with van der Waals surface area (Å²) in [6, 6.07) is 8.27. The van der Waals surface area contributed by atoms with E-state index in [-0.39, 0.29) is 17.9 Å². The van der Waals surface area contributed by atoms with Crippen molar-refractivity contribution in [2.75, 3.05) is 6.54 Å². The molecule has 1 fully saturated rings. The van der Waals surface area contributed by atoms with E-state index < -0.39 is 6.04 Å². The minimum Gasteiger partial charge on any atom is -0.345 e. The highest BCUT2D eigenvalue weighted by Crippen LogP contribution is 2.17. The molecule has 1 heterocycles. The summed E-state index contributed by atoms with van der Waals surface area (Å²) in [6.07, 6.45) is 5.44. The van der Waals surface area contributed by atoms with Gasteiger partial charge >= 0.3 is 0 Å². The number of aryl methyl sites for hydroxylation is 2. The SMILES string of the molecule is CCCc1cccc(CCC(=O)N[C@@H](C)C(=O)N2CCCC2C)c1. The molecule has 0 bridgehead atoms. The quantitative estimate of drug-likeness (QED) is 0.835. The van der Waals surface area contributed by atoms with E-state index in [9.17, 15) is 9.59 Å². The van der Waals surface area contributed by atoms with E-state index in [2.05, 4.69) is 43.4 Å². The Balaban J connectivity index is 1.80. The fourth-order valence-electron chi connectivity index (χ4n) is 3.37. The summed E-state index contributed by atoms with van der Waals surface area (Å²) in [6.45, 7) is 6.83. The van der Waals surface area contributed by atoms with Gasteiger partial charge in [0.2, 0.25) is 11.8 Å². The summed E-state index contributed by atoms with van der Waals surface area (Å²) in [5.41, 5.74) is 2.50. The van der Waals surface area contributed by atoms with Crippen molar-refractivity contribution in [1.29, 1.82) is 0 Å². The van der Waals surface area contributed by atoms with Crippen molar-refractivity contribution in [3.63, 3.8) is 0 Å². The number of nitrogens with one attached hydrogen (secondary N) is 1. The van der Waals surface area contributed by atoms with Crippen molar-refractivity contribution in [3.05, 3.63) is 35.4 Å². The van der Waals surface area contributed by atoms with Crippen LogP contribution in [0.2, 0.25) is 0 Å². The van der Waals surface area contributed by atoms with E-state index in [4.69, 9.17) is 0 Å². The third-order valence-corrected chi connectivity index (χ3v) is 4.75. The van der Waals surface area contributed by atoms with Crippen LogP contribution in [0.25, 0.3) is 0 Å². The molecule has 0 aromatic heterocycles. The molecule has 1 unspecified atom stereocenters. The van der Waals surface area contributed by atoms with Crippen molar-refractivity contribution in [2.24, 2.45) is 0 Å². The molecular formula is C20H30N2O2. The van der Waals surface area contributed by atoms with Crippen LogP contribution in [0, 0.1) is 0 Å². The highest BCUT2D eigenvalue weighted by atomic mass is 16.2. The van der Waals surface area contributed by atoms with Crippen LogP contribution in [0.1, 0.15) is 57.6 Å². The Kier molecular flexibility index (Phi) is 6.83. The molecule has 1 N–H and O–H groups in total. The van der Waals surface area contributed by atoms with Crippen LogP contribution < -0.4 is 5.32 Å². The monoisotopic (exact) mass is 330 g/mol. The number of carbonyl (C=O) groups excluding carboxylic acids is 2. The molecule has 2 amide bonds. The van der Waals surface area contributed by atoms with Gasteiger partial charge in [-0.3, -0.25) is 9.59 Å². The van der Waals surface area contributed by atoms with Crippen LogP contribution in [0.15, 0.2) is 24.3 Å². The Morgan fingerprint density at radius 2 is 2.00 bits per heavy atom. The van der Waals surface area contributed by atoms with Crippen LogP contribution in [-0.2, 0) is 22.4 Å². The number of amides is 2. The lowest BCUT2D eigenvalue weighted by Gasteiger charge is -2.25. The summed E-state index contributed by atoms with van der Waals surface area (Å²) >= 11 is 0. The number of rotatable bonds is 7. The van der Waals surface area contributed by atoms with Crippen LogP contribution in [0.4, 0.5) is 0 Å². The second kappa shape index (κ2) is 8.86. The summed E-state index contributed by atoms with van der Waals surface area (Å²) < 4.78 is 0. The fraction of sp³-hybridized carbons (Fsp3) is 0.600. The molecule has 1 aromatic rings. The van der Waals surface area contributed by atoms with Crippen LogP contribution in [-0.4, -0.2) is 35.3 Å². The minimum absolute atomic E-state index is 0.0401. The normalized spacial score (nSPS) is 18.5. The number of hydrogen-bond donors (Lipinski definition) is 1. The predicted octanol–water partition coefficient (Wildman–Crippen LogP) is 3.09. The number of benzene rings is 1. The molecule has 4 heteroatoms. The molecule has 2 atom stereocenters. The molecule has 24 heavy (non-hydrogen) atoms. The average Bonchev–Trinajstić information content (AvgIpc) is 2.99. The Hall–Kier alpha value is -1.84. The molecule has 0 aliphatic carbocycles. The van der Waals surface area contributed by atoms with Crippen molar-refractivity contribution in [3.8, 4) is 0 Å². The zero-order valence-corrected chi connectivity index (χ0v) is 15.2. The maximum absolute atomic E-state index is 12.4. The van der Waals surface area contributed by atoms with E-state index in [0.717, 1.165) is 32.2 Å². The van der Waals surface area contributed by atoms with E-state index in [1.54, 1.807) is 6.92 Å². The standard InChI is InChI=1S/C20H30N2O2/c1-4-7-17-9-5-10-18(14-17)11-12-19(23)21-16(3)20(24)22-13-6-8-15(22)2/h5,9-10,14-16H,4,6-8,11-13H2,1-3H3,(H,21,23)/t15?,16-/m0/s1. The first-order chi connectivity index (χ1) is 11.5. The number of carbonyl (C=O) groups is 2. The molecule has 4 nitrogen and oxygen atoms in total. The van der Waals surface area contributed by atoms with E-state index in [1.165, 1.54) is 11.1 Å². The van der Waals surface area contributed by atoms with Gasteiger partial charge in [0.25, 0.3) is 0 Å². The van der Waals surface area contributed by atoms with Gasteiger partial charge in [0, 0.05) is 19.0 Å². The van der Waals surface area contributed by atoms with Gasteiger partial charge < -0.3 is 10.2 Å². The minimum atomic E-state index is -0.440. The molecule has 132 valence electrons. The Morgan fingerprint density at radius 1 is 1.29 bits per heavy atom. The van der Waals surface area contributed by atoms with Crippen molar-refractivity contribution >= 4 is 11.8 Å². The first kappa shape index (κ1) is 18.5. The van der Waals surface area contributed by atoms with E-state index in [1.807, 2.05) is 4.90 Å². The van der Waals surface area contributed by atoms with Crippen molar-refractivity contribution < 1.29 is 9.59 Å². The lowest BCUT2D eigenvalue weighted by Crippen LogP contribution is -2.48. The average molecular weight is 330 g/mol.